The van der Waals surface area contributed by atoms with Gasteiger partial charge in [-0.15, -0.1) is 0 Å². The number of aliphatic hydroxyl groups is 2. The summed E-state index contributed by atoms with van der Waals surface area (Å²) in [6.07, 6.45) is 22.1. The van der Waals surface area contributed by atoms with Crippen molar-refractivity contribution in [1.82, 2.24) is 0 Å². The molecule has 0 radical (unpaired) electrons. The molecule has 0 saturated heterocycles. The first-order valence-corrected chi connectivity index (χ1v) is 13.7. The molecular formula is C28H44O2. The third-order valence-electron chi connectivity index (χ3n) is 11.4. The third kappa shape index (κ3) is 3.18. The Morgan fingerprint density at radius 2 is 1.23 bits per heavy atom. The molecule has 0 aromatic carbocycles. The van der Waals surface area contributed by atoms with Crippen molar-refractivity contribution in [2.24, 2.45) is 71.0 Å². The molecule has 0 heterocycles. The maximum atomic E-state index is 9.92. The van der Waals surface area contributed by atoms with Gasteiger partial charge in [-0.25, -0.2) is 0 Å². The molecule has 11 atom stereocenters. The van der Waals surface area contributed by atoms with Crippen molar-refractivity contribution in [3.8, 4) is 0 Å². The lowest BCUT2D eigenvalue weighted by Gasteiger charge is -2.63. The van der Waals surface area contributed by atoms with Crippen molar-refractivity contribution in [3.05, 3.63) is 12.2 Å². The highest BCUT2D eigenvalue weighted by Gasteiger charge is 2.58. The van der Waals surface area contributed by atoms with Gasteiger partial charge in [0.15, 0.2) is 0 Å². The molecule has 11 unspecified atom stereocenters. The van der Waals surface area contributed by atoms with Gasteiger partial charge in [-0.2, -0.15) is 0 Å². The van der Waals surface area contributed by atoms with Crippen LogP contribution in [0.25, 0.3) is 0 Å². The van der Waals surface area contributed by atoms with Gasteiger partial charge in [0.2, 0.25) is 0 Å². The van der Waals surface area contributed by atoms with Gasteiger partial charge in [-0.3, -0.25) is 0 Å². The first-order valence-electron chi connectivity index (χ1n) is 13.7. The van der Waals surface area contributed by atoms with Crippen LogP contribution in [0.4, 0.5) is 0 Å². The van der Waals surface area contributed by atoms with Gasteiger partial charge in [-0.05, 0) is 135 Å². The van der Waals surface area contributed by atoms with Crippen molar-refractivity contribution in [1.29, 1.82) is 0 Å². The summed E-state index contributed by atoms with van der Waals surface area (Å²) in [6.45, 7) is 0.661. The smallest absolute Gasteiger partial charge is 0.0459 e. The van der Waals surface area contributed by atoms with Crippen LogP contribution in [0.15, 0.2) is 12.2 Å². The van der Waals surface area contributed by atoms with Gasteiger partial charge in [-0.1, -0.05) is 25.0 Å². The highest BCUT2D eigenvalue weighted by Crippen LogP contribution is 2.65. The van der Waals surface area contributed by atoms with E-state index in [1.165, 1.54) is 70.6 Å². The Kier molecular flexibility index (Phi) is 5.55. The maximum Gasteiger partial charge on any atom is 0.0459 e. The summed E-state index contributed by atoms with van der Waals surface area (Å²) >= 11 is 0. The standard InChI is InChI=1S/C28H44O2/c29-15-17-12-18(16-30)14-20(13-17)21-10-11-26-24-7-2-5-19-4-1-6-23(27(19)24)25-9-3-8-22(21)28(25)26/h2,7,17-30H,1,3-6,8-16H2. The van der Waals surface area contributed by atoms with Crippen molar-refractivity contribution in [2.45, 2.75) is 77.0 Å². The minimum atomic E-state index is 0.330. The second-order valence-electron chi connectivity index (χ2n) is 12.5. The molecule has 2 N–H and O–H groups in total. The molecule has 2 nitrogen and oxygen atoms in total. The van der Waals surface area contributed by atoms with E-state index in [9.17, 15) is 10.2 Å². The van der Waals surface area contributed by atoms with Crippen LogP contribution >= 0.6 is 0 Å². The summed E-state index contributed by atoms with van der Waals surface area (Å²) in [5.74, 6) is 10.4. The highest BCUT2D eigenvalue weighted by molar-refractivity contribution is 5.14. The molecule has 5 saturated carbocycles. The van der Waals surface area contributed by atoms with E-state index in [4.69, 9.17) is 0 Å². The van der Waals surface area contributed by atoms with Crippen molar-refractivity contribution < 1.29 is 10.2 Å². The van der Waals surface area contributed by atoms with Gasteiger partial charge in [0.25, 0.3) is 0 Å². The van der Waals surface area contributed by atoms with E-state index >= 15 is 0 Å². The number of hydrogen-bond acceptors (Lipinski definition) is 2. The minimum absolute atomic E-state index is 0.330. The zero-order valence-electron chi connectivity index (χ0n) is 18.9. The molecule has 6 rings (SSSR count). The SMILES string of the molecule is OCC1CC(CO)CC(C2CCC3C4C=CCC5CCCC(C6CCCC2C36)C54)C1. The summed E-state index contributed by atoms with van der Waals surface area (Å²) in [4.78, 5) is 0. The lowest BCUT2D eigenvalue weighted by molar-refractivity contribution is -0.138. The van der Waals surface area contributed by atoms with Crippen molar-refractivity contribution >= 4 is 0 Å². The zero-order chi connectivity index (χ0) is 20.2. The Hall–Kier alpha value is -0.340. The van der Waals surface area contributed by atoms with Crippen LogP contribution in [-0.4, -0.2) is 23.4 Å². The predicted molar refractivity (Wildman–Crippen MR) is 121 cm³/mol. The topological polar surface area (TPSA) is 40.5 Å². The van der Waals surface area contributed by atoms with Gasteiger partial charge >= 0.3 is 0 Å². The molecule has 6 aliphatic rings. The molecule has 0 aromatic heterocycles. The predicted octanol–water partition coefficient (Wildman–Crippen LogP) is 5.68. The number of hydrogen-bond donors (Lipinski definition) is 2. The van der Waals surface area contributed by atoms with Crippen LogP contribution in [0.2, 0.25) is 0 Å². The Morgan fingerprint density at radius 3 is 1.97 bits per heavy atom. The molecule has 0 amide bonds. The number of allylic oxidation sites excluding steroid dienone is 2. The van der Waals surface area contributed by atoms with Crippen LogP contribution in [0.5, 0.6) is 0 Å². The van der Waals surface area contributed by atoms with E-state index in [-0.39, 0.29) is 0 Å². The number of fused-ring (bicyclic) bond motifs is 2. The molecule has 2 heteroatoms. The van der Waals surface area contributed by atoms with Crippen LogP contribution in [-0.2, 0) is 0 Å². The first kappa shape index (κ1) is 20.3. The molecule has 168 valence electrons. The van der Waals surface area contributed by atoms with Crippen LogP contribution in [0.3, 0.4) is 0 Å². The summed E-state index contributed by atoms with van der Waals surface area (Å²) in [6, 6.07) is 0. The lowest BCUT2D eigenvalue weighted by Crippen LogP contribution is -2.57. The second-order valence-corrected chi connectivity index (χ2v) is 12.5. The van der Waals surface area contributed by atoms with E-state index < -0.39 is 0 Å². The van der Waals surface area contributed by atoms with Crippen LogP contribution < -0.4 is 0 Å². The third-order valence-corrected chi connectivity index (χ3v) is 11.4. The maximum absolute atomic E-state index is 9.92. The summed E-state index contributed by atoms with van der Waals surface area (Å²) in [7, 11) is 0. The largest absolute Gasteiger partial charge is 0.396 e. The molecule has 5 fully saturated rings. The van der Waals surface area contributed by atoms with E-state index in [0.717, 1.165) is 65.6 Å². The fraction of sp³-hybridized carbons (Fsp3) is 0.929. The van der Waals surface area contributed by atoms with Crippen LogP contribution in [0, 0.1) is 71.0 Å². The second kappa shape index (κ2) is 8.22. The monoisotopic (exact) mass is 412 g/mol. The summed E-state index contributed by atoms with van der Waals surface area (Å²) in [5, 5.41) is 19.8. The summed E-state index contributed by atoms with van der Waals surface area (Å²) < 4.78 is 0. The molecule has 0 spiro atoms. The lowest BCUT2D eigenvalue weighted by atomic mass is 9.41. The Bertz CT molecular complexity index is 631. The molecule has 30 heavy (non-hydrogen) atoms. The summed E-state index contributed by atoms with van der Waals surface area (Å²) in [5.41, 5.74) is 0. The number of rotatable bonds is 3. The molecule has 0 aromatic rings. The van der Waals surface area contributed by atoms with E-state index in [0.29, 0.717) is 25.0 Å². The van der Waals surface area contributed by atoms with Crippen molar-refractivity contribution in [2.75, 3.05) is 13.2 Å². The van der Waals surface area contributed by atoms with E-state index in [1.807, 2.05) is 0 Å². The quantitative estimate of drug-likeness (QED) is 0.585. The van der Waals surface area contributed by atoms with Gasteiger partial charge in [0.1, 0.15) is 0 Å². The average molecular weight is 413 g/mol. The minimum Gasteiger partial charge on any atom is -0.396 e. The molecule has 0 aliphatic heterocycles. The van der Waals surface area contributed by atoms with E-state index in [1.54, 1.807) is 0 Å². The number of aliphatic hydroxyl groups excluding tert-OH is 2. The fourth-order valence-electron chi connectivity index (χ4n) is 10.7. The molecule has 6 aliphatic carbocycles. The molecular weight excluding hydrogens is 368 g/mol. The van der Waals surface area contributed by atoms with Gasteiger partial charge < -0.3 is 10.2 Å². The van der Waals surface area contributed by atoms with Gasteiger partial charge in [0, 0.05) is 13.2 Å². The van der Waals surface area contributed by atoms with Gasteiger partial charge in [0.05, 0.1) is 0 Å². The highest BCUT2D eigenvalue weighted by atomic mass is 16.3. The normalized spacial score (nSPS) is 54.9. The van der Waals surface area contributed by atoms with E-state index in [2.05, 4.69) is 12.2 Å². The Labute approximate surface area is 183 Å². The van der Waals surface area contributed by atoms with Crippen LogP contribution in [0.1, 0.15) is 77.0 Å². The Morgan fingerprint density at radius 1 is 0.600 bits per heavy atom. The van der Waals surface area contributed by atoms with Crippen molar-refractivity contribution in [3.63, 3.8) is 0 Å². The fourth-order valence-corrected chi connectivity index (χ4v) is 10.7. The zero-order valence-corrected chi connectivity index (χ0v) is 18.9. The molecule has 0 bridgehead atoms. The first-order chi connectivity index (χ1) is 14.8. The Balaban J connectivity index is 1.29. The average Bonchev–Trinajstić information content (AvgIpc) is 2.81.